The van der Waals surface area contributed by atoms with E-state index in [1.165, 1.54) is 70.9 Å². The Kier molecular flexibility index (Phi) is 10.5. The van der Waals surface area contributed by atoms with Crippen molar-refractivity contribution in [3.8, 4) is 22.3 Å². The molecule has 0 saturated heterocycles. The number of nitrogens with zero attached hydrogens (tertiary/aromatic N) is 4. The predicted molar refractivity (Wildman–Crippen MR) is 367 cm³/mol. The molecule has 6 aromatic heterocycles. The van der Waals surface area contributed by atoms with Crippen LogP contribution in [0.1, 0.15) is 29.4 Å². The Morgan fingerprint density at radius 3 is 1.28 bits per heavy atom. The van der Waals surface area contributed by atoms with Crippen molar-refractivity contribution >= 4 is 155 Å². The van der Waals surface area contributed by atoms with E-state index in [0.717, 1.165) is 117 Å². The van der Waals surface area contributed by atoms with Crippen molar-refractivity contribution in [2.45, 2.75) is 20.8 Å². The van der Waals surface area contributed by atoms with E-state index in [1.807, 2.05) is 13.0 Å². The molecule has 12 aromatic carbocycles. The average Bonchev–Trinajstić information content (AvgIpc) is 1.52. The van der Waals surface area contributed by atoms with Gasteiger partial charge >= 0.3 is 0 Å². The van der Waals surface area contributed by atoms with Gasteiger partial charge in [0.2, 0.25) is 0 Å². The summed E-state index contributed by atoms with van der Waals surface area (Å²) < 4.78 is 19.0. The molecule has 0 aliphatic rings. The van der Waals surface area contributed by atoms with Gasteiger partial charge in [0.05, 0.1) is 55.8 Å². The van der Waals surface area contributed by atoms with Crippen molar-refractivity contribution in [1.82, 2.24) is 8.80 Å². The minimum Gasteiger partial charge on any atom is -0.454 e. The molecule has 0 atom stereocenters. The molecule has 6 heteroatoms. The maximum atomic E-state index is 6.90. The van der Waals surface area contributed by atoms with Crippen LogP contribution in [0.25, 0.3) is 144 Å². The summed E-state index contributed by atoms with van der Waals surface area (Å²) in [6.07, 6.45) is 6.01. The maximum absolute atomic E-state index is 6.90. The Bertz CT molecular complexity index is 5900. The van der Waals surface area contributed by atoms with Crippen LogP contribution >= 0.6 is 0 Å². The zero-order valence-corrected chi connectivity index (χ0v) is 48.1. The fourth-order valence-electron chi connectivity index (χ4n) is 15.0. The SMILES string of the molecule is C=Cc1oc2c(N(c3ccccc3C)c3cccc4c3c3cccc5c6c(-c7ccccc7)c7c(c(-c8ccccc8)c6n4c35)c3cccc4c5c(N(c6ccccc6C)c6cccc8c6oc6ccccc68)cccc5n7c43)cccc2c1/C=C\C. The first-order valence-electron chi connectivity index (χ1n) is 29.9. The highest BCUT2D eigenvalue weighted by atomic mass is 16.3. The van der Waals surface area contributed by atoms with E-state index in [1.54, 1.807) is 0 Å². The third kappa shape index (κ3) is 6.69. The van der Waals surface area contributed by atoms with Crippen LogP contribution in [0.5, 0.6) is 0 Å². The highest BCUT2D eigenvalue weighted by Gasteiger charge is 2.34. The molecule has 0 aliphatic heterocycles. The van der Waals surface area contributed by atoms with E-state index < -0.39 is 0 Å². The second kappa shape index (κ2) is 18.6. The van der Waals surface area contributed by atoms with Gasteiger partial charge in [0.15, 0.2) is 11.2 Å². The van der Waals surface area contributed by atoms with Crippen LogP contribution in [0.4, 0.5) is 34.1 Å². The molecule has 410 valence electrons. The first-order valence-corrected chi connectivity index (χ1v) is 29.9. The summed E-state index contributed by atoms with van der Waals surface area (Å²) in [4.78, 5) is 4.87. The van der Waals surface area contributed by atoms with Gasteiger partial charge in [-0.3, -0.25) is 0 Å². The predicted octanol–water partition coefficient (Wildman–Crippen LogP) is 23.2. The van der Waals surface area contributed by atoms with Gasteiger partial charge in [0.25, 0.3) is 0 Å². The molecule has 0 amide bonds. The summed E-state index contributed by atoms with van der Waals surface area (Å²) in [5.74, 6) is 0.748. The Morgan fingerprint density at radius 1 is 0.356 bits per heavy atom. The number of aryl methyl sites for hydroxylation is 2. The van der Waals surface area contributed by atoms with E-state index in [4.69, 9.17) is 8.83 Å². The van der Waals surface area contributed by atoms with Crippen LogP contribution in [0.3, 0.4) is 0 Å². The number of anilines is 6. The van der Waals surface area contributed by atoms with Crippen LogP contribution in [0.2, 0.25) is 0 Å². The maximum Gasteiger partial charge on any atom is 0.159 e. The monoisotopic (exact) mass is 1110 g/mol. The van der Waals surface area contributed by atoms with Crippen molar-refractivity contribution in [2.75, 3.05) is 9.80 Å². The summed E-state index contributed by atoms with van der Waals surface area (Å²) in [6, 6.07) is 88.8. The van der Waals surface area contributed by atoms with E-state index in [9.17, 15) is 0 Å². The summed E-state index contributed by atoms with van der Waals surface area (Å²) in [6.45, 7) is 10.6. The molecule has 6 nitrogen and oxygen atoms in total. The lowest BCUT2D eigenvalue weighted by atomic mass is 9.89. The van der Waals surface area contributed by atoms with Crippen molar-refractivity contribution in [3.63, 3.8) is 0 Å². The Balaban J connectivity index is 0.999. The van der Waals surface area contributed by atoms with Gasteiger partial charge in [-0.25, -0.2) is 0 Å². The van der Waals surface area contributed by atoms with Gasteiger partial charge in [0.1, 0.15) is 11.3 Å². The van der Waals surface area contributed by atoms with Gasteiger partial charge in [-0.15, -0.1) is 0 Å². The van der Waals surface area contributed by atoms with Gasteiger partial charge in [-0.2, -0.15) is 0 Å². The van der Waals surface area contributed by atoms with Crippen LogP contribution in [-0.2, 0) is 0 Å². The minimum absolute atomic E-state index is 0.748. The van der Waals surface area contributed by atoms with Crippen molar-refractivity contribution < 1.29 is 8.83 Å². The van der Waals surface area contributed by atoms with Crippen molar-refractivity contribution in [3.05, 3.63) is 278 Å². The summed E-state index contributed by atoms with van der Waals surface area (Å²) in [5.41, 5.74) is 23.8. The van der Waals surface area contributed by atoms with Gasteiger partial charge in [-0.1, -0.05) is 207 Å². The molecular formula is C81H54N4O2. The molecule has 0 unspecified atom stereocenters. The molecule has 18 aromatic rings. The Labute approximate surface area is 500 Å². The molecule has 0 bridgehead atoms. The van der Waals surface area contributed by atoms with Gasteiger partial charge in [-0.05, 0) is 104 Å². The molecule has 18 rings (SSSR count). The standard InChI is InChI=1S/C81H54N4O2/c1-5-25-52-54-33-21-45-66(80(54)86-68(52)6-2)82(60-39-16-13-26-48(60)3)62-41-23-43-64-72(62)56-35-19-37-58-74-71(51-30-11-8-12-31-51)79-75(70(50-28-9-7-10-29-50)78(74)84(64)76(56)58)59-38-20-36-57-73-63(42-24-44-65(73)85(79)77(57)59)83(61-40-17-14-27-49(61)4)67-46-22-34-55-53-32-15-18-47-69(53)87-81(55)67/h5-47H,2H2,1,3-4H3/b25-5-. The molecule has 0 spiro atoms. The zero-order chi connectivity index (χ0) is 57.8. The lowest BCUT2D eigenvalue weighted by Gasteiger charge is -2.28. The lowest BCUT2D eigenvalue weighted by Crippen LogP contribution is -2.12. The average molecular weight is 1120 g/mol. The minimum atomic E-state index is 0.748. The number of furan rings is 2. The molecule has 87 heavy (non-hydrogen) atoms. The molecule has 0 radical (unpaired) electrons. The van der Waals surface area contributed by atoms with E-state index in [2.05, 4.69) is 294 Å². The van der Waals surface area contributed by atoms with Crippen LogP contribution < -0.4 is 9.80 Å². The Hall–Kier alpha value is -11.3. The molecule has 0 aliphatic carbocycles. The third-order valence-electron chi connectivity index (χ3n) is 18.5. The molecule has 0 fully saturated rings. The summed E-state index contributed by atoms with van der Waals surface area (Å²) in [5, 5.41) is 12.7. The van der Waals surface area contributed by atoms with Crippen molar-refractivity contribution in [2.24, 2.45) is 0 Å². The quantitative estimate of drug-likeness (QED) is 0.137. The van der Waals surface area contributed by atoms with E-state index in [-0.39, 0.29) is 0 Å². The fraction of sp³-hybridized carbons (Fsp3) is 0.0370. The number of aromatic nitrogens is 2. The molecule has 0 saturated carbocycles. The molecule has 6 heterocycles. The second-order valence-electron chi connectivity index (χ2n) is 23.1. The van der Waals surface area contributed by atoms with E-state index >= 15 is 0 Å². The number of hydrogen-bond acceptors (Lipinski definition) is 4. The largest absolute Gasteiger partial charge is 0.454 e. The number of rotatable bonds is 10. The van der Waals surface area contributed by atoms with E-state index in [0.29, 0.717) is 0 Å². The van der Waals surface area contributed by atoms with Gasteiger partial charge < -0.3 is 27.4 Å². The van der Waals surface area contributed by atoms with Gasteiger partial charge in [0, 0.05) is 87.3 Å². The number of hydrogen-bond donors (Lipinski definition) is 0. The smallest absolute Gasteiger partial charge is 0.159 e. The first kappa shape index (κ1) is 49.1. The first-order chi connectivity index (χ1) is 43.0. The lowest BCUT2D eigenvalue weighted by molar-refractivity contribution is 0.604. The van der Waals surface area contributed by atoms with Crippen LogP contribution in [0.15, 0.2) is 264 Å². The number of para-hydroxylation sites is 7. The zero-order valence-electron chi connectivity index (χ0n) is 48.1. The highest BCUT2D eigenvalue weighted by molar-refractivity contribution is 6.39. The second-order valence-corrected chi connectivity index (χ2v) is 23.1. The number of fused-ring (bicyclic) bond motifs is 16. The van der Waals surface area contributed by atoms with Crippen LogP contribution in [-0.4, -0.2) is 8.80 Å². The topological polar surface area (TPSA) is 41.6 Å². The summed E-state index contributed by atoms with van der Waals surface area (Å²) >= 11 is 0. The van der Waals surface area contributed by atoms with Crippen LogP contribution in [0, 0.1) is 13.8 Å². The normalized spacial score (nSPS) is 12.3. The third-order valence-corrected chi connectivity index (χ3v) is 18.5. The fourth-order valence-corrected chi connectivity index (χ4v) is 15.0. The van der Waals surface area contributed by atoms with Crippen molar-refractivity contribution in [1.29, 1.82) is 0 Å². The number of benzene rings is 12. The molecular weight excluding hydrogens is 1060 g/mol. The molecule has 0 N–H and O–H groups in total. The highest BCUT2D eigenvalue weighted by Crippen LogP contribution is 2.57. The number of allylic oxidation sites excluding steroid dienone is 1. The Morgan fingerprint density at radius 2 is 0.759 bits per heavy atom. The summed E-state index contributed by atoms with van der Waals surface area (Å²) in [7, 11) is 0.